The number of pyridine rings is 1. The topological polar surface area (TPSA) is 80.4 Å². The number of ether oxygens (including phenoxy) is 1. The summed E-state index contributed by atoms with van der Waals surface area (Å²) >= 11 is 0. The SMILES string of the molecule is CC1CN(c2ccc(CN3CCc4nc(N)ncc4C3)cn2)CC(C)O1. The van der Waals surface area contributed by atoms with Crippen LogP contribution < -0.4 is 10.6 Å². The number of nitrogens with two attached hydrogens (primary N) is 1. The van der Waals surface area contributed by atoms with Gasteiger partial charge in [0.2, 0.25) is 5.95 Å². The van der Waals surface area contributed by atoms with Crippen LogP contribution in [0.3, 0.4) is 0 Å². The minimum absolute atomic E-state index is 0.241. The van der Waals surface area contributed by atoms with E-state index in [0.29, 0.717) is 5.95 Å². The predicted octanol–water partition coefficient (Wildman–Crippen LogP) is 1.63. The first-order chi connectivity index (χ1) is 12.6. The zero-order chi connectivity index (χ0) is 18.1. The van der Waals surface area contributed by atoms with Crippen LogP contribution in [0.25, 0.3) is 0 Å². The highest BCUT2D eigenvalue weighted by atomic mass is 16.5. The number of hydrogen-bond acceptors (Lipinski definition) is 7. The van der Waals surface area contributed by atoms with Crippen LogP contribution in [0.1, 0.15) is 30.7 Å². The second kappa shape index (κ2) is 7.17. The summed E-state index contributed by atoms with van der Waals surface area (Å²) < 4.78 is 5.80. The number of fused-ring (bicyclic) bond motifs is 1. The van der Waals surface area contributed by atoms with Gasteiger partial charge in [-0.25, -0.2) is 15.0 Å². The highest BCUT2D eigenvalue weighted by Crippen LogP contribution is 2.21. The van der Waals surface area contributed by atoms with Crippen LogP contribution in [0, 0.1) is 0 Å². The second-order valence-electron chi connectivity index (χ2n) is 7.35. The van der Waals surface area contributed by atoms with Crippen LogP contribution in [0.4, 0.5) is 11.8 Å². The normalized spacial score (nSPS) is 23.7. The molecule has 4 heterocycles. The number of aromatic nitrogens is 3. The molecule has 0 spiro atoms. The first-order valence-corrected chi connectivity index (χ1v) is 9.25. The third kappa shape index (κ3) is 3.78. The highest BCUT2D eigenvalue weighted by molar-refractivity contribution is 5.40. The lowest BCUT2D eigenvalue weighted by Gasteiger charge is -2.36. The van der Waals surface area contributed by atoms with Crippen molar-refractivity contribution in [2.75, 3.05) is 30.3 Å². The summed E-state index contributed by atoms with van der Waals surface area (Å²) in [6.07, 6.45) is 5.24. The van der Waals surface area contributed by atoms with Gasteiger partial charge in [0, 0.05) is 57.1 Å². The Morgan fingerprint density at radius 3 is 2.69 bits per heavy atom. The Bertz CT molecular complexity index is 755. The zero-order valence-corrected chi connectivity index (χ0v) is 15.4. The summed E-state index contributed by atoms with van der Waals surface area (Å²) in [5.74, 6) is 1.40. The van der Waals surface area contributed by atoms with E-state index in [1.165, 1.54) is 11.1 Å². The Balaban J connectivity index is 1.39. The molecule has 0 amide bonds. The summed E-state index contributed by atoms with van der Waals surface area (Å²) in [4.78, 5) is 17.9. The van der Waals surface area contributed by atoms with Gasteiger partial charge >= 0.3 is 0 Å². The molecule has 0 saturated carbocycles. The number of nitrogen functional groups attached to an aromatic ring is 1. The minimum atomic E-state index is 0.241. The molecule has 138 valence electrons. The summed E-state index contributed by atoms with van der Waals surface area (Å²) in [6.45, 7) is 8.73. The first-order valence-electron chi connectivity index (χ1n) is 9.25. The Hall–Kier alpha value is -2.25. The molecule has 0 aliphatic carbocycles. The molecule has 26 heavy (non-hydrogen) atoms. The molecular weight excluding hydrogens is 328 g/mol. The smallest absolute Gasteiger partial charge is 0.220 e. The van der Waals surface area contributed by atoms with E-state index in [2.05, 4.69) is 45.7 Å². The Morgan fingerprint density at radius 1 is 1.15 bits per heavy atom. The largest absolute Gasteiger partial charge is 0.372 e. The van der Waals surface area contributed by atoms with Crippen molar-refractivity contribution in [3.63, 3.8) is 0 Å². The molecule has 4 rings (SSSR count). The molecule has 2 N–H and O–H groups in total. The van der Waals surface area contributed by atoms with Crippen LogP contribution in [0.15, 0.2) is 24.5 Å². The maximum Gasteiger partial charge on any atom is 0.220 e. The Morgan fingerprint density at radius 2 is 1.96 bits per heavy atom. The van der Waals surface area contributed by atoms with Crippen molar-refractivity contribution in [1.82, 2.24) is 19.9 Å². The van der Waals surface area contributed by atoms with Crippen molar-refractivity contribution in [2.45, 2.75) is 45.6 Å². The van der Waals surface area contributed by atoms with Gasteiger partial charge in [-0.15, -0.1) is 0 Å². The molecule has 2 aliphatic rings. The molecule has 7 heteroatoms. The zero-order valence-electron chi connectivity index (χ0n) is 15.4. The number of rotatable bonds is 3. The highest BCUT2D eigenvalue weighted by Gasteiger charge is 2.23. The molecule has 1 saturated heterocycles. The number of anilines is 2. The predicted molar refractivity (Wildman–Crippen MR) is 101 cm³/mol. The van der Waals surface area contributed by atoms with Gasteiger partial charge in [-0.3, -0.25) is 4.90 Å². The van der Waals surface area contributed by atoms with Crippen molar-refractivity contribution < 1.29 is 4.74 Å². The fraction of sp³-hybridized carbons (Fsp3) is 0.526. The summed E-state index contributed by atoms with van der Waals surface area (Å²) in [6, 6.07) is 4.31. The van der Waals surface area contributed by atoms with Gasteiger partial charge in [-0.2, -0.15) is 0 Å². The van der Waals surface area contributed by atoms with E-state index in [9.17, 15) is 0 Å². The molecule has 0 radical (unpaired) electrons. The van der Waals surface area contributed by atoms with E-state index >= 15 is 0 Å². The van der Waals surface area contributed by atoms with Crippen molar-refractivity contribution in [3.8, 4) is 0 Å². The molecule has 7 nitrogen and oxygen atoms in total. The molecule has 2 unspecified atom stereocenters. The summed E-state index contributed by atoms with van der Waals surface area (Å²) in [5.41, 5.74) is 9.16. The molecule has 2 atom stereocenters. The van der Waals surface area contributed by atoms with E-state index in [0.717, 1.165) is 50.7 Å². The van der Waals surface area contributed by atoms with Gasteiger partial charge in [0.05, 0.1) is 17.9 Å². The van der Waals surface area contributed by atoms with Gasteiger partial charge in [0.15, 0.2) is 0 Å². The van der Waals surface area contributed by atoms with E-state index in [-0.39, 0.29) is 12.2 Å². The van der Waals surface area contributed by atoms with Crippen LogP contribution in [0.2, 0.25) is 0 Å². The Kier molecular flexibility index (Phi) is 4.74. The lowest BCUT2D eigenvalue weighted by Crippen LogP contribution is -2.45. The lowest BCUT2D eigenvalue weighted by molar-refractivity contribution is -0.00546. The van der Waals surface area contributed by atoms with Gasteiger partial charge in [0.1, 0.15) is 5.82 Å². The molecular formula is C19H26N6O. The van der Waals surface area contributed by atoms with Gasteiger partial charge in [0.25, 0.3) is 0 Å². The number of nitrogens with zero attached hydrogens (tertiary/aromatic N) is 5. The number of morpholine rings is 1. The Labute approximate surface area is 154 Å². The molecule has 0 bridgehead atoms. The minimum Gasteiger partial charge on any atom is -0.372 e. The molecule has 0 aromatic carbocycles. The lowest BCUT2D eigenvalue weighted by atomic mass is 10.1. The fourth-order valence-corrected chi connectivity index (χ4v) is 3.85. The van der Waals surface area contributed by atoms with Crippen LogP contribution in [-0.4, -0.2) is 51.7 Å². The standard InChI is InChI=1S/C19H26N6O/c1-13-9-25(10-14(2)26-13)18-4-3-15(7-21-18)11-24-6-5-17-16(12-24)8-22-19(20)23-17/h3-4,7-8,13-14H,5-6,9-12H2,1-2H3,(H2,20,22,23). The molecule has 1 fully saturated rings. The van der Waals surface area contributed by atoms with Gasteiger partial charge in [-0.1, -0.05) is 6.07 Å². The average molecular weight is 354 g/mol. The van der Waals surface area contributed by atoms with Gasteiger partial charge < -0.3 is 15.4 Å². The van der Waals surface area contributed by atoms with Crippen LogP contribution in [0.5, 0.6) is 0 Å². The third-order valence-corrected chi connectivity index (χ3v) is 4.99. The maximum atomic E-state index is 5.80. The summed E-state index contributed by atoms with van der Waals surface area (Å²) in [7, 11) is 0. The molecule has 2 aromatic rings. The van der Waals surface area contributed by atoms with Crippen molar-refractivity contribution >= 4 is 11.8 Å². The number of hydrogen-bond donors (Lipinski definition) is 1. The van der Waals surface area contributed by atoms with E-state index in [1.54, 1.807) is 0 Å². The first kappa shape index (κ1) is 17.2. The van der Waals surface area contributed by atoms with E-state index in [4.69, 9.17) is 15.5 Å². The summed E-state index contributed by atoms with van der Waals surface area (Å²) in [5, 5.41) is 0. The van der Waals surface area contributed by atoms with Gasteiger partial charge in [-0.05, 0) is 25.5 Å². The quantitative estimate of drug-likeness (QED) is 0.897. The van der Waals surface area contributed by atoms with Crippen LogP contribution in [-0.2, 0) is 24.2 Å². The fourth-order valence-electron chi connectivity index (χ4n) is 3.85. The second-order valence-corrected chi connectivity index (χ2v) is 7.35. The molecule has 2 aliphatic heterocycles. The average Bonchev–Trinajstić information content (AvgIpc) is 2.62. The van der Waals surface area contributed by atoms with Crippen molar-refractivity contribution in [3.05, 3.63) is 41.3 Å². The van der Waals surface area contributed by atoms with Crippen molar-refractivity contribution in [2.24, 2.45) is 0 Å². The van der Waals surface area contributed by atoms with E-state index in [1.807, 2.05) is 12.4 Å². The van der Waals surface area contributed by atoms with Crippen molar-refractivity contribution in [1.29, 1.82) is 0 Å². The van der Waals surface area contributed by atoms with Crippen LogP contribution >= 0.6 is 0 Å². The third-order valence-electron chi connectivity index (χ3n) is 4.99. The monoisotopic (exact) mass is 354 g/mol. The maximum absolute atomic E-state index is 5.80. The van der Waals surface area contributed by atoms with E-state index < -0.39 is 0 Å². The molecule has 2 aromatic heterocycles.